The van der Waals surface area contributed by atoms with Gasteiger partial charge in [-0.2, -0.15) is 0 Å². The predicted molar refractivity (Wildman–Crippen MR) is 84.5 cm³/mol. The molecule has 1 heterocycles. The molecule has 0 aliphatic carbocycles. The standard InChI is InChI=1S/C15H21BrN2O3/c1-3-18(4-2)15(19)5-6-17-9-11-7-13-14(8-12(11)16)21-10-20-13/h7-8,17H,3-6,9-10H2,1-2H3. The Hall–Kier alpha value is -1.27. The highest BCUT2D eigenvalue weighted by atomic mass is 79.9. The number of benzene rings is 1. The highest BCUT2D eigenvalue weighted by molar-refractivity contribution is 9.10. The largest absolute Gasteiger partial charge is 0.454 e. The molecule has 6 heteroatoms. The zero-order valence-electron chi connectivity index (χ0n) is 12.4. The molecule has 1 amide bonds. The summed E-state index contributed by atoms with van der Waals surface area (Å²) in [5, 5.41) is 3.29. The maximum Gasteiger partial charge on any atom is 0.231 e. The van der Waals surface area contributed by atoms with E-state index in [4.69, 9.17) is 9.47 Å². The third kappa shape index (κ3) is 4.11. The van der Waals surface area contributed by atoms with E-state index in [0.717, 1.165) is 34.6 Å². The van der Waals surface area contributed by atoms with Crippen LogP contribution in [0.15, 0.2) is 16.6 Å². The van der Waals surface area contributed by atoms with Crippen LogP contribution in [0.5, 0.6) is 11.5 Å². The van der Waals surface area contributed by atoms with Crippen LogP contribution in [0.3, 0.4) is 0 Å². The normalized spacial score (nSPS) is 12.5. The Morgan fingerprint density at radius 1 is 1.29 bits per heavy atom. The van der Waals surface area contributed by atoms with Crippen molar-refractivity contribution in [1.82, 2.24) is 10.2 Å². The van der Waals surface area contributed by atoms with Crippen LogP contribution in [-0.4, -0.2) is 37.2 Å². The molecule has 0 fully saturated rings. The second kappa shape index (κ2) is 7.66. The molecule has 0 aromatic heterocycles. The first-order valence-corrected chi connectivity index (χ1v) is 8.01. The lowest BCUT2D eigenvalue weighted by atomic mass is 10.2. The zero-order chi connectivity index (χ0) is 15.2. The summed E-state index contributed by atoms with van der Waals surface area (Å²) in [4.78, 5) is 13.7. The molecule has 1 aliphatic heterocycles. The first-order valence-electron chi connectivity index (χ1n) is 7.22. The summed E-state index contributed by atoms with van der Waals surface area (Å²) in [6, 6.07) is 3.88. The lowest BCUT2D eigenvalue weighted by molar-refractivity contribution is -0.130. The molecule has 21 heavy (non-hydrogen) atoms. The van der Waals surface area contributed by atoms with Crippen LogP contribution in [0, 0.1) is 0 Å². The summed E-state index contributed by atoms with van der Waals surface area (Å²) < 4.78 is 11.7. The monoisotopic (exact) mass is 356 g/mol. The Labute approximate surface area is 133 Å². The van der Waals surface area contributed by atoms with Gasteiger partial charge in [-0.25, -0.2) is 0 Å². The van der Waals surface area contributed by atoms with E-state index in [1.165, 1.54) is 0 Å². The Balaban J connectivity index is 1.80. The molecule has 5 nitrogen and oxygen atoms in total. The first-order chi connectivity index (χ1) is 10.2. The Bertz CT molecular complexity index is 504. The van der Waals surface area contributed by atoms with E-state index in [1.807, 2.05) is 30.9 Å². The molecule has 0 bridgehead atoms. The zero-order valence-corrected chi connectivity index (χ0v) is 14.0. The molecule has 116 valence electrons. The third-order valence-electron chi connectivity index (χ3n) is 3.49. The molecule has 1 N–H and O–H groups in total. The molecule has 0 radical (unpaired) electrons. The van der Waals surface area contributed by atoms with Gasteiger partial charge in [-0.3, -0.25) is 4.79 Å². The van der Waals surface area contributed by atoms with Gasteiger partial charge in [0.05, 0.1) is 0 Å². The quantitative estimate of drug-likeness (QED) is 0.762. The van der Waals surface area contributed by atoms with Crippen LogP contribution in [0.1, 0.15) is 25.8 Å². The van der Waals surface area contributed by atoms with Gasteiger partial charge in [0.15, 0.2) is 11.5 Å². The van der Waals surface area contributed by atoms with Crippen LogP contribution in [0.25, 0.3) is 0 Å². The minimum atomic E-state index is 0.192. The van der Waals surface area contributed by atoms with Crippen molar-refractivity contribution in [3.05, 3.63) is 22.2 Å². The number of nitrogens with one attached hydrogen (secondary N) is 1. The minimum absolute atomic E-state index is 0.192. The summed E-state index contributed by atoms with van der Waals surface area (Å²) in [5.41, 5.74) is 1.09. The fraction of sp³-hybridized carbons (Fsp3) is 0.533. The summed E-state index contributed by atoms with van der Waals surface area (Å²) in [6.45, 7) is 7.15. The fourth-order valence-electron chi connectivity index (χ4n) is 2.25. The molecule has 2 rings (SSSR count). The lowest BCUT2D eigenvalue weighted by Gasteiger charge is -2.18. The van der Waals surface area contributed by atoms with Gasteiger partial charge in [0, 0.05) is 37.1 Å². The Morgan fingerprint density at radius 2 is 1.95 bits per heavy atom. The van der Waals surface area contributed by atoms with Crippen LogP contribution >= 0.6 is 15.9 Å². The first kappa shape index (κ1) is 16.1. The van der Waals surface area contributed by atoms with Gasteiger partial charge in [-0.1, -0.05) is 15.9 Å². The van der Waals surface area contributed by atoms with E-state index >= 15 is 0 Å². The fourth-order valence-corrected chi connectivity index (χ4v) is 2.71. The average molecular weight is 357 g/mol. The summed E-state index contributed by atoms with van der Waals surface area (Å²) in [5.74, 6) is 1.73. The number of fused-ring (bicyclic) bond motifs is 1. The summed E-state index contributed by atoms with van der Waals surface area (Å²) >= 11 is 3.53. The number of carbonyl (C=O) groups is 1. The molecule has 0 atom stereocenters. The van der Waals surface area contributed by atoms with Gasteiger partial charge >= 0.3 is 0 Å². The number of amides is 1. The Morgan fingerprint density at radius 3 is 2.62 bits per heavy atom. The Kier molecular flexibility index (Phi) is 5.87. The predicted octanol–water partition coefficient (Wildman–Crippen LogP) is 2.53. The van der Waals surface area contributed by atoms with E-state index in [9.17, 15) is 4.79 Å². The molecule has 0 spiro atoms. The van der Waals surface area contributed by atoms with Crippen LogP contribution in [0.4, 0.5) is 0 Å². The van der Waals surface area contributed by atoms with Crippen molar-refractivity contribution in [2.45, 2.75) is 26.8 Å². The highest BCUT2D eigenvalue weighted by Gasteiger charge is 2.16. The van der Waals surface area contributed by atoms with Gasteiger partial charge < -0.3 is 19.7 Å². The van der Waals surface area contributed by atoms with Crippen molar-refractivity contribution in [3.8, 4) is 11.5 Å². The molecule has 0 unspecified atom stereocenters. The second-order valence-corrected chi connectivity index (χ2v) is 5.64. The maximum absolute atomic E-state index is 11.9. The second-order valence-electron chi connectivity index (χ2n) is 4.79. The van der Waals surface area contributed by atoms with Crippen molar-refractivity contribution >= 4 is 21.8 Å². The smallest absolute Gasteiger partial charge is 0.231 e. The van der Waals surface area contributed by atoms with Gasteiger partial charge in [-0.05, 0) is 31.5 Å². The van der Waals surface area contributed by atoms with Crippen molar-refractivity contribution < 1.29 is 14.3 Å². The van der Waals surface area contributed by atoms with E-state index in [-0.39, 0.29) is 12.7 Å². The average Bonchev–Trinajstić information content (AvgIpc) is 2.91. The highest BCUT2D eigenvalue weighted by Crippen LogP contribution is 2.36. The molecule has 1 aliphatic rings. The number of halogens is 1. The SMILES string of the molecule is CCN(CC)C(=O)CCNCc1cc2c(cc1Br)OCO2. The maximum atomic E-state index is 11.9. The number of rotatable bonds is 7. The van der Waals surface area contributed by atoms with E-state index in [2.05, 4.69) is 21.2 Å². The van der Waals surface area contributed by atoms with Gasteiger partial charge in [0.25, 0.3) is 0 Å². The number of nitrogens with zero attached hydrogens (tertiary/aromatic N) is 1. The molecule has 1 aromatic carbocycles. The van der Waals surface area contributed by atoms with Crippen molar-refractivity contribution in [1.29, 1.82) is 0 Å². The van der Waals surface area contributed by atoms with Gasteiger partial charge in [0.2, 0.25) is 12.7 Å². The van der Waals surface area contributed by atoms with Crippen molar-refractivity contribution in [2.75, 3.05) is 26.4 Å². The summed E-state index contributed by atoms with van der Waals surface area (Å²) in [6.07, 6.45) is 0.518. The molecular weight excluding hydrogens is 336 g/mol. The van der Waals surface area contributed by atoms with Crippen LogP contribution in [0.2, 0.25) is 0 Å². The molecule has 1 aromatic rings. The number of hydrogen-bond acceptors (Lipinski definition) is 4. The number of ether oxygens (including phenoxy) is 2. The molecular formula is C15H21BrN2O3. The minimum Gasteiger partial charge on any atom is -0.454 e. The third-order valence-corrected chi connectivity index (χ3v) is 4.23. The van der Waals surface area contributed by atoms with Crippen LogP contribution in [-0.2, 0) is 11.3 Å². The van der Waals surface area contributed by atoms with Gasteiger partial charge in [-0.15, -0.1) is 0 Å². The van der Waals surface area contributed by atoms with Crippen molar-refractivity contribution in [3.63, 3.8) is 0 Å². The molecule has 0 saturated carbocycles. The molecule has 0 saturated heterocycles. The van der Waals surface area contributed by atoms with Crippen molar-refractivity contribution in [2.24, 2.45) is 0 Å². The lowest BCUT2D eigenvalue weighted by Crippen LogP contribution is -2.32. The summed E-state index contributed by atoms with van der Waals surface area (Å²) in [7, 11) is 0. The van der Waals surface area contributed by atoms with E-state index < -0.39 is 0 Å². The number of carbonyl (C=O) groups excluding carboxylic acids is 1. The van der Waals surface area contributed by atoms with Gasteiger partial charge in [0.1, 0.15) is 0 Å². The van der Waals surface area contributed by atoms with E-state index in [1.54, 1.807) is 0 Å². The number of hydrogen-bond donors (Lipinski definition) is 1. The topological polar surface area (TPSA) is 50.8 Å². The van der Waals surface area contributed by atoms with Crippen LogP contribution < -0.4 is 14.8 Å². The van der Waals surface area contributed by atoms with E-state index in [0.29, 0.717) is 19.5 Å².